The number of aliphatic carboxylic acids is 1. The molecule has 0 bridgehead atoms. The SMILES string of the molecule is CCC1CCN(C(=O)N2CCC(C(=O)O)CC2)CC1. The first-order valence-corrected chi connectivity index (χ1v) is 7.38. The Hall–Kier alpha value is -1.26. The number of amides is 2. The van der Waals surface area contributed by atoms with Gasteiger partial charge in [0.05, 0.1) is 5.92 Å². The number of piperidine rings is 2. The molecule has 0 aromatic heterocycles. The van der Waals surface area contributed by atoms with Crippen LogP contribution in [0.15, 0.2) is 0 Å². The minimum Gasteiger partial charge on any atom is -0.481 e. The maximum atomic E-state index is 12.3. The molecule has 0 saturated carbocycles. The highest BCUT2D eigenvalue weighted by molar-refractivity contribution is 5.75. The Bertz CT molecular complexity index is 330. The number of hydrogen-bond donors (Lipinski definition) is 1. The monoisotopic (exact) mass is 268 g/mol. The molecule has 2 fully saturated rings. The third-order valence-electron chi connectivity index (χ3n) is 4.58. The number of hydrogen-bond acceptors (Lipinski definition) is 2. The van der Waals surface area contributed by atoms with E-state index >= 15 is 0 Å². The minimum absolute atomic E-state index is 0.110. The van der Waals surface area contributed by atoms with Crippen LogP contribution < -0.4 is 0 Å². The molecule has 0 atom stereocenters. The first-order valence-electron chi connectivity index (χ1n) is 7.38. The van der Waals surface area contributed by atoms with Crippen LogP contribution in [-0.2, 0) is 4.79 Å². The van der Waals surface area contributed by atoms with Crippen LogP contribution >= 0.6 is 0 Å². The second-order valence-corrected chi connectivity index (χ2v) is 5.72. The van der Waals surface area contributed by atoms with Crippen LogP contribution in [-0.4, -0.2) is 53.1 Å². The van der Waals surface area contributed by atoms with E-state index in [-0.39, 0.29) is 11.9 Å². The van der Waals surface area contributed by atoms with Crippen molar-refractivity contribution in [3.05, 3.63) is 0 Å². The summed E-state index contributed by atoms with van der Waals surface area (Å²) < 4.78 is 0. The summed E-state index contributed by atoms with van der Waals surface area (Å²) in [5.74, 6) is -0.229. The van der Waals surface area contributed by atoms with Gasteiger partial charge in [-0.1, -0.05) is 13.3 Å². The van der Waals surface area contributed by atoms with E-state index in [2.05, 4.69) is 6.92 Å². The summed E-state index contributed by atoms with van der Waals surface area (Å²) in [5, 5.41) is 8.95. The standard InChI is InChI=1S/C14H24N2O3/c1-2-11-3-7-15(8-4-11)14(19)16-9-5-12(6-10-16)13(17)18/h11-12H,2-10H2,1H3,(H,17,18). The largest absolute Gasteiger partial charge is 0.481 e. The Balaban J connectivity index is 1.80. The zero-order valence-electron chi connectivity index (χ0n) is 11.7. The molecule has 0 radical (unpaired) electrons. The molecule has 2 aliphatic rings. The van der Waals surface area contributed by atoms with Gasteiger partial charge >= 0.3 is 12.0 Å². The van der Waals surface area contributed by atoms with Crippen molar-refractivity contribution in [1.29, 1.82) is 0 Å². The van der Waals surface area contributed by atoms with Crippen molar-refractivity contribution < 1.29 is 14.7 Å². The molecule has 0 aromatic carbocycles. The Labute approximate surface area is 114 Å². The van der Waals surface area contributed by atoms with Crippen LogP contribution in [0, 0.1) is 11.8 Å². The average Bonchev–Trinajstić information content (AvgIpc) is 2.46. The van der Waals surface area contributed by atoms with E-state index in [1.165, 1.54) is 6.42 Å². The van der Waals surface area contributed by atoms with Gasteiger partial charge in [0.15, 0.2) is 0 Å². The van der Waals surface area contributed by atoms with Crippen molar-refractivity contribution in [2.45, 2.75) is 39.0 Å². The molecule has 0 aliphatic carbocycles. The summed E-state index contributed by atoms with van der Waals surface area (Å²) in [6, 6.07) is 0.110. The third kappa shape index (κ3) is 3.39. The van der Waals surface area contributed by atoms with Crippen molar-refractivity contribution >= 4 is 12.0 Å². The van der Waals surface area contributed by atoms with Gasteiger partial charge in [-0.05, 0) is 31.6 Å². The van der Waals surface area contributed by atoms with Crippen molar-refractivity contribution in [3.63, 3.8) is 0 Å². The Morgan fingerprint density at radius 1 is 1.00 bits per heavy atom. The number of nitrogens with zero attached hydrogens (tertiary/aromatic N) is 2. The lowest BCUT2D eigenvalue weighted by molar-refractivity contribution is -0.143. The van der Waals surface area contributed by atoms with E-state index in [9.17, 15) is 9.59 Å². The Morgan fingerprint density at radius 3 is 1.89 bits per heavy atom. The molecule has 5 nitrogen and oxygen atoms in total. The van der Waals surface area contributed by atoms with E-state index in [1.54, 1.807) is 0 Å². The van der Waals surface area contributed by atoms with Crippen molar-refractivity contribution in [2.24, 2.45) is 11.8 Å². The second kappa shape index (κ2) is 6.26. The van der Waals surface area contributed by atoms with Gasteiger partial charge in [0.2, 0.25) is 0 Å². The maximum absolute atomic E-state index is 12.3. The smallest absolute Gasteiger partial charge is 0.319 e. The van der Waals surface area contributed by atoms with Crippen molar-refractivity contribution in [3.8, 4) is 0 Å². The highest BCUT2D eigenvalue weighted by Gasteiger charge is 2.30. The average molecular weight is 268 g/mol. The Morgan fingerprint density at radius 2 is 1.47 bits per heavy atom. The van der Waals surface area contributed by atoms with Gasteiger partial charge in [0.25, 0.3) is 0 Å². The van der Waals surface area contributed by atoms with E-state index < -0.39 is 5.97 Å². The number of carbonyl (C=O) groups excluding carboxylic acids is 1. The highest BCUT2D eigenvalue weighted by atomic mass is 16.4. The molecule has 0 aromatic rings. The Kier molecular flexibility index (Phi) is 4.66. The zero-order chi connectivity index (χ0) is 13.8. The molecule has 0 spiro atoms. The molecule has 1 N–H and O–H groups in total. The lowest BCUT2D eigenvalue weighted by atomic mass is 9.94. The van der Waals surface area contributed by atoms with Gasteiger partial charge in [-0.15, -0.1) is 0 Å². The second-order valence-electron chi connectivity index (χ2n) is 5.72. The lowest BCUT2D eigenvalue weighted by Crippen LogP contribution is -2.49. The fourth-order valence-electron chi connectivity index (χ4n) is 3.05. The number of carboxylic acid groups (broad SMARTS) is 1. The first kappa shape index (κ1) is 14.2. The quantitative estimate of drug-likeness (QED) is 0.833. The van der Waals surface area contributed by atoms with Crippen LogP contribution in [0.5, 0.6) is 0 Å². The van der Waals surface area contributed by atoms with Gasteiger partial charge in [-0.3, -0.25) is 4.79 Å². The summed E-state index contributed by atoms with van der Waals surface area (Å²) in [7, 11) is 0. The summed E-state index contributed by atoms with van der Waals surface area (Å²) >= 11 is 0. The minimum atomic E-state index is -0.726. The molecule has 108 valence electrons. The van der Waals surface area contributed by atoms with Crippen LogP contribution in [0.4, 0.5) is 4.79 Å². The van der Waals surface area contributed by atoms with E-state index in [0.717, 1.165) is 31.8 Å². The maximum Gasteiger partial charge on any atom is 0.319 e. The molecular formula is C14H24N2O3. The van der Waals surface area contributed by atoms with Crippen molar-refractivity contribution in [2.75, 3.05) is 26.2 Å². The fraction of sp³-hybridized carbons (Fsp3) is 0.857. The molecule has 2 saturated heterocycles. The van der Waals surface area contributed by atoms with Crippen LogP contribution in [0.3, 0.4) is 0 Å². The van der Waals surface area contributed by atoms with Gasteiger partial charge in [-0.2, -0.15) is 0 Å². The van der Waals surface area contributed by atoms with Crippen LogP contribution in [0.2, 0.25) is 0 Å². The van der Waals surface area contributed by atoms with Crippen LogP contribution in [0.25, 0.3) is 0 Å². The molecular weight excluding hydrogens is 244 g/mol. The predicted octanol–water partition coefficient (Wildman–Crippen LogP) is 2.03. The highest BCUT2D eigenvalue weighted by Crippen LogP contribution is 2.23. The van der Waals surface area contributed by atoms with Gasteiger partial charge in [0, 0.05) is 26.2 Å². The molecule has 2 aliphatic heterocycles. The van der Waals surface area contributed by atoms with Crippen molar-refractivity contribution in [1.82, 2.24) is 9.80 Å². The fourth-order valence-corrected chi connectivity index (χ4v) is 3.05. The van der Waals surface area contributed by atoms with Crippen LogP contribution in [0.1, 0.15) is 39.0 Å². The molecule has 2 amide bonds. The van der Waals surface area contributed by atoms with E-state index in [0.29, 0.717) is 25.9 Å². The molecule has 2 heterocycles. The van der Waals surface area contributed by atoms with E-state index in [1.807, 2.05) is 9.80 Å². The first-order chi connectivity index (χ1) is 9.11. The number of carboxylic acids is 1. The molecule has 2 rings (SSSR count). The molecule has 0 unspecified atom stereocenters. The lowest BCUT2D eigenvalue weighted by Gasteiger charge is -2.38. The zero-order valence-corrected chi connectivity index (χ0v) is 11.7. The summed E-state index contributed by atoms with van der Waals surface area (Å²) in [6.07, 6.45) is 4.59. The summed E-state index contributed by atoms with van der Waals surface area (Å²) in [4.78, 5) is 27.0. The van der Waals surface area contributed by atoms with Gasteiger partial charge in [-0.25, -0.2) is 4.79 Å². The predicted molar refractivity (Wildman–Crippen MR) is 71.9 cm³/mol. The third-order valence-corrected chi connectivity index (χ3v) is 4.58. The van der Waals surface area contributed by atoms with Gasteiger partial charge < -0.3 is 14.9 Å². The number of rotatable bonds is 2. The number of carbonyl (C=O) groups is 2. The normalized spacial score (nSPS) is 22.6. The molecule has 5 heteroatoms. The number of urea groups is 1. The van der Waals surface area contributed by atoms with E-state index in [4.69, 9.17) is 5.11 Å². The summed E-state index contributed by atoms with van der Waals surface area (Å²) in [5.41, 5.74) is 0. The molecule has 19 heavy (non-hydrogen) atoms. The summed E-state index contributed by atoms with van der Waals surface area (Å²) in [6.45, 7) is 5.10. The number of likely N-dealkylation sites (tertiary alicyclic amines) is 2. The topological polar surface area (TPSA) is 60.9 Å². The van der Waals surface area contributed by atoms with Gasteiger partial charge in [0.1, 0.15) is 0 Å².